The summed E-state index contributed by atoms with van der Waals surface area (Å²) in [6.45, 7) is 4.69. The van der Waals surface area contributed by atoms with E-state index in [1.807, 2.05) is 26.0 Å². The monoisotopic (exact) mass is 257 g/mol. The van der Waals surface area contributed by atoms with E-state index >= 15 is 0 Å². The van der Waals surface area contributed by atoms with Crippen molar-refractivity contribution in [2.45, 2.75) is 26.7 Å². The molecule has 0 bridgehead atoms. The normalized spacial score (nSPS) is 10.7. The number of rotatable bonds is 4. The zero-order valence-corrected chi connectivity index (χ0v) is 11.3. The zero-order chi connectivity index (χ0) is 13.8. The van der Waals surface area contributed by atoms with E-state index in [1.165, 1.54) is 5.56 Å². The van der Waals surface area contributed by atoms with Gasteiger partial charge in [-0.15, -0.1) is 0 Å². The molecule has 0 aliphatic carbocycles. The first-order valence-corrected chi connectivity index (χ1v) is 6.45. The molecule has 1 aromatic heterocycles. The molecule has 0 aliphatic rings. The summed E-state index contributed by atoms with van der Waals surface area (Å²) in [6.07, 6.45) is 1.87. The Morgan fingerprint density at radius 2 is 1.63 bits per heavy atom. The van der Waals surface area contributed by atoms with Crippen molar-refractivity contribution in [2.75, 3.05) is 6.54 Å². The van der Waals surface area contributed by atoms with Gasteiger partial charge in [0.2, 0.25) is 0 Å². The predicted molar refractivity (Wildman–Crippen MR) is 76.0 cm³/mol. The van der Waals surface area contributed by atoms with E-state index in [-0.39, 0.29) is 5.75 Å². The molecule has 0 spiro atoms. The van der Waals surface area contributed by atoms with E-state index in [1.54, 1.807) is 12.1 Å². The first kappa shape index (κ1) is 13.5. The van der Waals surface area contributed by atoms with Crippen LogP contribution in [0.4, 0.5) is 0 Å². The van der Waals surface area contributed by atoms with Gasteiger partial charge < -0.3 is 10.8 Å². The molecule has 0 atom stereocenters. The van der Waals surface area contributed by atoms with Gasteiger partial charge in [-0.25, -0.2) is 9.97 Å². The van der Waals surface area contributed by atoms with E-state index in [0.29, 0.717) is 12.4 Å². The van der Waals surface area contributed by atoms with Gasteiger partial charge in [-0.1, -0.05) is 0 Å². The maximum Gasteiger partial charge on any atom is 0.159 e. The van der Waals surface area contributed by atoms with Gasteiger partial charge in [0.05, 0.1) is 0 Å². The summed E-state index contributed by atoms with van der Waals surface area (Å²) in [6, 6.07) is 6.93. The summed E-state index contributed by atoms with van der Waals surface area (Å²) >= 11 is 0. The van der Waals surface area contributed by atoms with Crippen LogP contribution in [-0.2, 0) is 6.42 Å². The topological polar surface area (TPSA) is 72.0 Å². The summed E-state index contributed by atoms with van der Waals surface area (Å²) in [5.74, 6) is 0.947. The highest BCUT2D eigenvalue weighted by Crippen LogP contribution is 2.21. The average molecular weight is 257 g/mol. The molecule has 3 N–H and O–H groups in total. The number of phenols is 1. The van der Waals surface area contributed by atoms with Gasteiger partial charge in [0, 0.05) is 17.0 Å². The highest BCUT2D eigenvalue weighted by Gasteiger charge is 2.09. The number of nitrogens with two attached hydrogens (primary N) is 1. The van der Waals surface area contributed by atoms with Crippen molar-refractivity contribution in [3.05, 3.63) is 41.2 Å². The second-order valence-electron chi connectivity index (χ2n) is 4.64. The van der Waals surface area contributed by atoms with Crippen LogP contribution in [0.2, 0.25) is 0 Å². The second-order valence-corrected chi connectivity index (χ2v) is 4.64. The number of aryl methyl sites for hydroxylation is 2. The molecule has 1 aromatic carbocycles. The molecule has 2 aromatic rings. The summed E-state index contributed by atoms with van der Waals surface area (Å²) in [5.41, 5.74) is 9.65. The minimum atomic E-state index is 0.247. The lowest BCUT2D eigenvalue weighted by Crippen LogP contribution is -2.06. The lowest BCUT2D eigenvalue weighted by atomic mass is 10.1. The number of aromatic hydroxyl groups is 1. The molecule has 2 rings (SSSR count). The van der Waals surface area contributed by atoms with Gasteiger partial charge in [0.15, 0.2) is 5.82 Å². The molecule has 4 heteroatoms. The number of phenolic OH excluding ortho intramolecular Hbond substituents is 1. The minimum Gasteiger partial charge on any atom is -0.508 e. The first-order valence-electron chi connectivity index (χ1n) is 6.45. The van der Waals surface area contributed by atoms with Gasteiger partial charge in [-0.3, -0.25) is 0 Å². The van der Waals surface area contributed by atoms with Crippen LogP contribution in [0.25, 0.3) is 11.4 Å². The second kappa shape index (κ2) is 5.80. The predicted octanol–water partition coefficient (Wildman–Crippen LogP) is 2.36. The molecule has 0 amide bonds. The van der Waals surface area contributed by atoms with E-state index in [9.17, 15) is 5.11 Å². The number of aromatic nitrogens is 2. The van der Waals surface area contributed by atoms with Crippen molar-refractivity contribution >= 4 is 0 Å². The summed E-state index contributed by atoms with van der Waals surface area (Å²) in [4.78, 5) is 9.11. The Hall–Kier alpha value is -1.94. The lowest BCUT2D eigenvalue weighted by molar-refractivity contribution is 0.475. The van der Waals surface area contributed by atoms with Gasteiger partial charge in [-0.2, -0.15) is 0 Å². The molecule has 0 saturated heterocycles. The molecule has 1 heterocycles. The number of benzene rings is 1. The standard InChI is InChI=1S/C15H19N3O/c1-10-14(4-3-9-16)11(2)18-15(17-10)12-5-7-13(19)8-6-12/h5-8,19H,3-4,9,16H2,1-2H3. The van der Waals surface area contributed by atoms with Gasteiger partial charge in [0.25, 0.3) is 0 Å². The molecule has 0 aliphatic heterocycles. The third-order valence-corrected chi connectivity index (χ3v) is 3.18. The highest BCUT2D eigenvalue weighted by atomic mass is 16.3. The molecular weight excluding hydrogens is 238 g/mol. The highest BCUT2D eigenvalue weighted by molar-refractivity contribution is 5.57. The summed E-state index contributed by atoms with van der Waals surface area (Å²) in [5, 5.41) is 9.30. The zero-order valence-electron chi connectivity index (χ0n) is 11.3. The van der Waals surface area contributed by atoms with Gasteiger partial charge in [-0.05, 0) is 63.1 Å². The Balaban J connectivity index is 2.36. The molecule has 0 radical (unpaired) electrons. The van der Waals surface area contributed by atoms with Crippen LogP contribution >= 0.6 is 0 Å². The third-order valence-electron chi connectivity index (χ3n) is 3.18. The van der Waals surface area contributed by atoms with E-state index in [4.69, 9.17) is 5.73 Å². The Bertz CT molecular complexity index is 541. The Kier molecular flexibility index (Phi) is 4.12. The maximum atomic E-state index is 9.30. The van der Waals surface area contributed by atoms with Gasteiger partial charge >= 0.3 is 0 Å². The minimum absolute atomic E-state index is 0.247. The fourth-order valence-corrected chi connectivity index (χ4v) is 2.12. The molecule has 19 heavy (non-hydrogen) atoms. The molecule has 0 fully saturated rings. The number of hydrogen-bond donors (Lipinski definition) is 2. The fourth-order valence-electron chi connectivity index (χ4n) is 2.12. The molecule has 100 valence electrons. The molecule has 0 unspecified atom stereocenters. The van der Waals surface area contributed by atoms with Crippen LogP contribution in [0, 0.1) is 13.8 Å². The summed E-state index contributed by atoms with van der Waals surface area (Å²) < 4.78 is 0. The van der Waals surface area contributed by atoms with Crippen LogP contribution < -0.4 is 5.73 Å². The largest absolute Gasteiger partial charge is 0.508 e. The van der Waals surface area contributed by atoms with Crippen LogP contribution in [0.3, 0.4) is 0 Å². The van der Waals surface area contributed by atoms with Gasteiger partial charge in [0.1, 0.15) is 5.75 Å². The smallest absolute Gasteiger partial charge is 0.159 e. The van der Waals surface area contributed by atoms with Crippen LogP contribution in [0.1, 0.15) is 23.4 Å². The third kappa shape index (κ3) is 3.09. The van der Waals surface area contributed by atoms with Crippen molar-refractivity contribution in [2.24, 2.45) is 5.73 Å². The molecular formula is C15H19N3O. The average Bonchev–Trinajstić information content (AvgIpc) is 2.38. The van der Waals surface area contributed by atoms with Crippen molar-refractivity contribution in [3.63, 3.8) is 0 Å². The SMILES string of the molecule is Cc1nc(-c2ccc(O)cc2)nc(C)c1CCCN. The van der Waals surface area contributed by atoms with Crippen molar-refractivity contribution in [1.82, 2.24) is 9.97 Å². The van der Waals surface area contributed by atoms with Crippen molar-refractivity contribution in [1.29, 1.82) is 0 Å². The Morgan fingerprint density at radius 3 is 2.16 bits per heavy atom. The van der Waals surface area contributed by atoms with E-state index in [2.05, 4.69) is 9.97 Å². The molecule has 0 saturated carbocycles. The fraction of sp³-hybridized carbons (Fsp3) is 0.333. The Labute approximate surface area is 113 Å². The number of nitrogens with zero attached hydrogens (tertiary/aromatic N) is 2. The number of hydrogen-bond acceptors (Lipinski definition) is 4. The van der Waals surface area contributed by atoms with E-state index in [0.717, 1.165) is 29.8 Å². The lowest BCUT2D eigenvalue weighted by Gasteiger charge is -2.10. The van der Waals surface area contributed by atoms with E-state index < -0.39 is 0 Å². The van der Waals surface area contributed by atoms with Crippen molar-refractivity contribution < 1.29 is 5.11 Å². The van der Waals surface area contributed by atoms with Crippen LogP contribution in [0.5, 0.6) is 5.75 Å². The van der Waals surface area contributed by atoms with Crippen LogP contribution in [-0.4, -0.2) is 21.6 Å². The van der Waals surface area contributed by atoms with Crippen LogP contribution in [0.15, 0.2) is 24.3 Å². The maximum absolute atomic E-state index is 9.30. The van der Waals surface area contributed by atoms with Crippen molar-refractivity contribution in [3.8, 4) is 17.1 Å². The summed E-state index contributed by atoms with van der Waals surface area (Å²) in [7, 11) is 0. The first-order chi connectivity index (χ1) is 9.11. The quantitative estimate of drug-likeness (QED) is 0.882. The Morgan fingerprint density at radius 1 is 1.05 bits per heavy atom. The molecule has 4 nitrogen and oxygen atoms in total.